The van der Waals surface area contributed by atoms with Gasteiger partial charge in [-0.3, -0.25) is 0 Å². The molecule has 0 radical (unpaired) electrons. The molecule has 2 nitrogen and oxygen atoms in total. The van der Waals surface area contributed by atoms with Crippen molar-refractivity contribution in [3.8, 4) is 5.75 Å². The van der Waals surface area contributed by atoms with Crippen LogP contribution in [-0.4, -0.2) is 12.6 Å². The zero-order chi connectivity index (χ0) is 10.3. The van der Waals surface area contributed by atoms with Crippen molar-refractivity contribution < 1.29 is 4.74 Å². The lowest BCUT2D eigenvalue weighted by atomic mass is 10.2. The first kappa shape index (κ1) is 12.0. The molecule has 0 aliphatic heterocycles. The standard InChI is InChI=1S/C10H14O.CH5N/c1-10(2,3)11-9-7-5-4-6-8-9;1-2/h4-8H,1-3H3;2H2,1H3. The lowest BCUT2D eigenvalue weighted by Crippen LogP contribution is -2.22. The first-order valence-electron chi connectivity index (χ1n) is 4.40. The van der Waals surface area contributed by atoms with Gasteiger partial charge >= 0.3 is 0 Å². The van der Waals surface area contributed by atoms with Crippen molar-refractivity contribution in [3.05, 3.63) is 30.3 Å². The van der Waals surface area contributed by atoms with E-state index >= 15 is 0 Å². The van der Waals surface area contributed by atoms with Crippen molar-refractivity contribution in [2.75, 3.05) is 7.05 Å². The predicted molar refractivity (Wildman–Crippen MR) is 56.9 cm³/mol. The average molecular weight is 181 g/mol. The topological polar surface area (TPSA) is 35.2 Å². The van der Waals surface area contributed by atoms with E-state index in [0.717, 1.165) is 5.75 Å². The highest BCUT2D eigenvalue weighted by atomic mass is 16.5. The van der Waals surface area contributed by atoms with Crippen molar-refractivity contribution in [2.24, 2.45) is 5.73 Å². The van der Waals surface area contributed by atoms with Crippen LogP contribution < -0.4 is 10.5 Å². The highest BCUT2D eigenvalue weighted by molar-refractivity contribution is 5.21. The van der Waals surface area contributed by atoms with Crippen molar-refractivity contribution >= 4 is 0 Å². The van der Waals surface area contributed by atoms with E-state index in [9.17, 15) is 0 Å². The fourth-order valence-corrected chi connectivity index (χ4v) is 0.842. The lowest BCUT2D eigenvalue weighted by molar-refractivity contribution is 0.131. The molecule has 0 saturated heterocycles. The summed E-state index contributed by atoms with van der Waals surface area (Å²) in [6.45, 7) is 6.12. The van der Waals surface area contributed by atoms with Gasteiger partial charge in [0, 0.05) is 0 Å². The molecule has 0 atom stereocenters. The molecule has 0 spiro atoms. The number of para-hydroxylation sites is 1. The van der Waals surface area contributed by atoms with Crippen LogP contribution in [0, 0.1) is 0 Å². The smallest absolute Gasteiger partial charge is 0.120 e. The van der Waals surface area contributed by atoms with Gasteiger partial charge in [-0.1, -0.05) is 18.2 Å². The van der Waals surface area contributed by atoms with Crippen LogP contribution in [0.15, 0.2) is 30.3 Å². The zero-order valence-corrected chi connectivity index (χ0v) is 8.87. The van der Waals surface area contributed by atoms with Crippen molar-refractivity contribution in [1.82, 2.24) is 0 Å². The van der Waals surface area contributed by atoms with Crippen LogP contribution in [0.2, 0.25) is 0 Å². The number of ether oxygens (including phenoxy) is 1. The van der Waals surface area contributed by atoms with Crippen LogP contribution in [0.4, 0.5) is 0 Å². The third-order valence-corrected chi connectivity index (χ3v) is 1.17. The molecule has 1 aromatic carbocycles. The molecule has 13 heavy (non-hydrogen) atoms. The molecule has 0 aliphatic rings. The van der Waals surface area contributed by atoms with E-state index in [1.165, 1.54) is 7.05 Å². The molecule has 1 aromatic rings. The van der Waals surface area contributed by atoms with E-state index in [1.807, 2.05) is 51.1 Å². The Hall–Kier alpha value is -1.02. The molecule has 74 valence electrons. The summed E-state index contributed by atoms with van der Waals surface area (Å²) in [5.41, 5.74) is 4.40. The fourth-order valence-electron chi connectivity index (χ4n) is 0.842. The second-order valence-electron chi connectivity index (χ2n) is 3.53. The molecule has 2 N–H and O–H groups in total. The Bertz CT molecular complexity index is 213. The fraction of sp³-hybridized carbons (Fsp3) is 0.455. The van der Waals surface area contributed by atoms with Gasteiger partial charge in [-0.25, -0.2) is 0 Å². The second kappa shape index (κ2) is 5.60. The van der Waals surface area contributed by atoms with Crippen molar-refractivity contribution in [2.45, 2.75) is 26.4 Å². The van der Waals surface area contributed by atoms with Gasteiger partial charge in [0.15, 0.2) is 0 Å². The number of nitrogens with two attached hydrogens (primary N) is 1. The number of hydrogen-bond donors (Lipinski definition) is 1. The maximum absolute atomic E-state index is 5.60. The van der Waals surface area contributed by atoms with Crippen LogP contribution >= 0.6 is 0 Å². The summed E-state index contributed by atoms with van der Waals surface area (Å²) in [7, 11) is 1.50. The quantitative estimate of drug-likeness (QED) is 0.722. The van der Waals surface area contributed by atoms with Gasteiger partial charge < -0.3 is 10.5 Å². The van der Waals surface area contributed by atoms with E-state index in [2.05, 4.69) is 5.73 Å². The molecule has 0 unspecified atom stereocenters. The Labute approximate surface area is 80.7 Å². The summed E-state index contributed by atoms with van der Waals surface area (Å²) in [5.74, 6) is 0.931. The van der Waals surface area contributed by atoms with E-state index in [1.54, 1.807) is 0 Å². The van der Waals surface area contributed by atoms with Gasteiger partial charge in [-0.2, -0.15) is 0 Å². The minimum Gasteiger partial charge on any atom is -0.488 e. The van der Waals surface area contributed by atoms with E-state index in [4.69, 9.17) is 4.74 Å². The first-order valence-corrected chi connectivity index (χ1v) is 4.40. The van der Waals surface area contributed by atoms with Crippen LogP contribution in [0.1, 0.15) is 20.8 Å². The number of benzene rings is 1. The van der Waals surface area contributed by atoms with Gasteiger partial charge in [0.25, 0.3) is 0 Å². The summed E-state index contributed by atoms with van der Waals surface area (Å²) in [6, 6.07) is 9.86. The van der Waals surface area contributed by atoms with Gasteiger partial charge in [-0.05, 0) is 40.0 Å². The Morgan fingerprint density at radius 3 is 1.85 bits per heavy atom. The van der Waals surface area contributed by atoms with Gasteiger partial charge in [0.2, 0.25) is 0 Å². The lowest BCUT2D eigenvalue weighted by Gasteiger charge is -2.20. The molecule has 0 aliphatic carbocycles. The SMILES string of the molecule is CC(C)(C)Oc1ccccc1.CN. The van der Waals surface area contributed by atoms with Crippen molar-refractivity contribution in [3.63, 3.8) is 0 Å². The second-order valence-corrected chi connectivity index (χ2v) is 3.53. The normalized spacial score (nSPS) is 9.92. The van der Waals surface area contributed by atoms with Gasteiger partial charge in [0.1, 0.15) is 11.4 Å². The molecule has 0 fully saturated rings. The van der Waals surface area contributed by atoms with Gasteiger partial charge in [0.05, 0.1) is 0 Å². The Morgan fingerprint density at radius 2 is 1.46 bits per heavy atom. The minimum absolute atomic E-state index is 0.0959. The molecule has 1 rings (SSSR count). The highest BCUT2D eigenvalue weighted by Gasteiger charge is 2.10. The summed E-state index contributed by atoms with van der Waals surface area (Å²) in [4.78, 5) is 0. The summed E-state index contributed by atoms with van der Waals surface area (Å²) < 4.78 is 5.60. The summed E-state index contributed by atoms with van der Waals surface area (Å²) in [5, 5.41) is 0. The minimum atomic E-state index is -0.0959. The molecular formula is C11H19NO. The zero-order valence-electron chi connectivity index (χ0n) is 8.87. The Kier molecular flexibility index (Phi) is 5.16. The molecular weight excluding hydrogens is 162 g/mol. The van der Waals surface area contributed by atoms with Gasteiger partial charge in [-0.15, -0.1) is 0 Å². The average Bonchev–Trinajstić information content (AvgIpc) is 2.07. The van der Waals surface area contributed by atoms with Crippen LogP contribution in [-0.2, 0) is 0 Å². The Morgan fingerprint density at radius 1 is 1.00 bits per heavy atom. The van der Waals surface area contributed by atoms with E-state index < -0.39 is 0 Å². The summed E-state index contributed by atoms with van der Waals surface area (Å²) in [6.07, 6.45) is 0. The van der Waals surface area contributed by atoms with Crippen LogP contribution in [0.25, 0.3) is 0 Å². The van der Waals surface area contributed by atoms with E-state index in [0.29, 0.717) is 0 Å². The van der Waals surface area contributed by atoms with Crippen LogP contribution in [0.3, 0.4) is 0 Å². The maximum Gasteiger partial charge on any atom is 0.120 e. The molecule has 0 aromatic heterocycles. The third kappa shape index (κ3) is 6.17. The van der Waals surface area contributed by atoms with E-state index in [-0.39, 0.29) is 5.60 Å². The summed E-state index contributed by atoms with van der Waals surface area (Å²) >= 11 is 0. The molecule has 0 heterocycles. The molecule has 2 heteroatoms. The highest BCUT2D eigenvalue weighted by Crippen LogP contribution is 2.16. The molecule has 0 amide bonds. The largest absolute Gasteiger partial charge is 0.488 e. The third-order valence-electron chi connectivity index (χ3n) is 1.17. The van der Waals surface area contributed by atoms with Crippen LogP contribution in [0.5, 0.6) is 5.75 Å². The Balaban J connectivity index is 0.000000671. The monoisotopic (exact) mass is 181 g/mol. The number of rotatable bonds is 1. The first-order chi connectivity index (χ1) is 6.08. The maximum atomic E-state index is 5.60. The van der Waals surface area contributed by atoms with Crippen molar-refractivity contribution in [1.29, 1.82) is 0 Å². The molecule has 0 saturated carbocycles. The predicted octanol–water partition coefficient (Wildman–Crippen LogP) is 2.44. The molecule has 0 bridgehead atoms. The number of hydrogen-bond acceptors (Lipinski definition) is 2.